The van der Waals surface area contributed by atoms with Gasteiger partial charge in [0.05, 0.1) is 10.7 Å². The summed E-state index contributed by atoms with van der Waals surface area (Å²) in [4.78, 5) is 20.7. The van der Waals surface area contributed by atoms with Crippen LogP contribution in [-0.4, -0.2) is 52.0 Å². The molecule has 3 rings (SSSR count). The van der Waals surface area contributed by atoms with Crippen LogP contribution in [0.15, 0.2) is 23.6 Å². The Labute approximate surface area is 154 Å². The maximum absolute atomic E-state index is 13.8. The Morgan fingerprint density at radius 1 is 1.31 bits per heavy atom. The molecule has 0 bridgehead atoms. The molecule has 140 valence electrons. The zero-order valence-electron chi connectivity index (χ0n) is 14.5. The summed E-state index contributed by atoms with van der Waals surface area (Å²) in [7, 11) is 0. The van der Waals surface area contributed by atoms with Gasteiger partial charge in [0.1, 0.15) is 0 Å². The first-order valence-electron chi connectivity index (χ1n) is 8.50. The van der Waals surface area contributed by atoms with Gasteiger partial charge < -0.3 is 10.0 Å². The van der Waals surface area contributed by atoms with Gasteiger partial charge in [0.25, 0.3) is 5.91 Å². The van der Waals surface area contributed by atoms with E-state index < -0.39 is 23.6 Å². The Balaban J connectivity index is 1.62. The maximum Gasteiger partial charge on any atom is 0.256 e. The molecule has 1 unspecified atom stereocenters. The fraction of sp³-hybridized carbons (Fsp3) is 0.444. The summed E-state index contributed by atoms with van der Waals surface area (Å²) in [6, 6.07) is 3.47. The van der Waals surface area contributed by atoms with Crippen molar-refractivity contribution in [3.8, 4) is 0 Å². The normalized spacial score (nSPS) is 17.2. The van der Waals surface area contributed by atoms with Gasteiger partial charge in [-0.05, 0) is 19.4 Å². The number of hydrogen-bond acceptors (Lipinski definition) is 5. The number of benzene rings is 1. The van der Waals surface area contributed by atoms with Gasteiger partial charge in [0, 0.05) is 43.7 Å². The van der Waals surface area contributed by atoms with E-state index >= 15 is 0 Å². The first-order valence-corrected chi connectivity index (χ1v) is 9.38. The summed E-state index contributed by atoms with van der Waals surface area (Å²) in [6.45, 7) is 5.03. The standard InChI is InChI=1S/C18H21F2N3O2S/c1-12-21-13(11-26-12)10-22-6-3-7-23(9-8-22)18(25)17(24)14-4-2-5-15(19)16(14)20/h2,4-5,11,17,24H,3,6-10H2,1H3. The molecule has 1 aliphatic rings. The summed E-state index contributed by atoms with van der Waals surface area (Å²) in [5.41, 5.74) is 0.684. The molecule has 1 N–H and O–H groups in total. The van der Waals surface area contributed by atoms with E-state index in [1.54, 1.807) is 11.3 Å². The van der Waals surface area contributed by atoms with Crippen molar-refractivity contribution in [2.45, 2.75) is 26.0 Å². The molecule has 0 radical (unpaired) electrons. The lowest BCUT2D eigenvalue weighted by Gasteiger charge is -2.24. The molecular formula is C18H21F2N3O2S. The lowest BCUT2D eigenvalue weighted by atomic mass is 10.1. The first kappa shape index (κ1) is 18.9. The van der Waals surface area contributed by atoms with E-state index in [4.69, 9.17) is 0 Å². The number of hydrogen-bond donors (Lipinski definition) is 1. The third-order valence-corrected chi connectivity index (χ3v) is 5.28. The third kappa shape index (κ3) is 4.25. The highest BCUT2D eigenvalue weighted by Gasteiger charge is 2.28. The van der Waals surface area contributed by atoms with E-state index in [2.05, 4.69) is 9.88 Å². The van der Waals surface area contributed by atoms with Crippen LogP contribution in [0, 0.1) is 18.6 Å². The average molecular weight is 381 g/mol. The molecular weight excluding hydrogens is 360 g/mol. The second-order valence-corrected chi connectivity index (χ2v) is 7.42. The Hall–Kier alpha value is -1.90. The number of carbonyl (C=O) groups excluding carboxylic acids is 1. The predicted molar refractivity (Wildman–Crippen MR) is 94.6 cm³/mol. The van der Waals surface area contributed by atoms with E-state index in [-0.39, 0.29) is 5.56 Å². The molecule has 0 spiro atoms. The second kappa shape index (κ2) is 8.20. The first-order chi connectivity index (χ1) is 12.5. The summed E-state index contributed by atoms with van der Waals surface area (Å²) in [5.74, 6) is -2.85. The molecule has 2 aromatic rings. The number of nitrogens with zero attached hydrogens (tertiary/aromatic N) is 3. The molecule has 1 atom stereocenters. The summed E-state index contributed by atoms with van der Waals surface area (Å²) < 4.78 is 27.2. The van der Waals surface area contributed by atoms with Crippen LogP contribution >= 0.6 is 11.3 Å². The van der Waals surface area contributed by atoms with Gasteiger partial charge in [-0.25, -0.2) is 13.8 Å². The van der Waals surface area contributed by atoms with Gasteiger partial charge in [-0.1, -0.05) is 12.1 Å². The largest absolute Gasteiger partial charge is 0.378 e. The highest BCUT2D eigenvalue weighted by atomic mass is 32.1. The summed E-state index contributed by atoms with van der Waals surface area (Å²) in [5, 5.41) is 13.3. The smallest absolute Gasteiger partial charge is 0.256 e. The van der Waals surface area contributed by atoms with Crippen LogP contribution in [0.5, 0.6) is 0 Å². The summed E-state index contributed by atoms with van der Waals surface area (Å²) >= 11 is 1.61. The van der Waals surface area contributed by atoms with Crippen molar-refractivity contribution in [3.63, 3.8) is 0 Å². The van der Waals surface area contributed by atoms with Gasteiger partial charge in [0.2, 0.25) is 0 Å². The molecule has 8 heteroatoms. The van der Waals surface area contributed by atoms with Gasteiger partial charge in [-0.2, -0.15) is 0 Å². The van der Waals surface area contributed by atoms with Crippen molar-refractivity contribution in [1.82, 2.24) is 14.8 Å². The number of carbonyl (C=O) groups is 1. The number of amides is 1. The van der Waals surface area contributed by atoms with Gasteiger partial charge >= 0.3 is 0 Å². The Morgan fingerprint density at radius 2 is 2.12 bits per heavy atom. The van der Waals surface area contributed by atoms with Gasteiger partial charge in [0.15, 0.2) is 17.7 Å². The predicted octanol–water partition coefficient (Wildman–Crippen LogP) is 2.50. The number of rotatable bonds is 4. The van der Waals surface area contributed by atoms with Crippen LogP contribution in [0.2, 0.25) is 0 Å². The van der Waals surface area contributed by atoms with Crippen LogP contribution in [0.3, 0.4) is 0 Å². The fourth-order valence-electron chi connectivity index (χ4n) is 3.10. The van der Waals surface area contributed by atoms with Crippen molar-refractivity contribution < 1.29 is 18.7 Å². The van der Waals surface area contributed by atoms with E-state index in [1.807, 2.05) is 12.3 Å². The molecule has 26 heavy (non-hydrogen) atoms. The van der Waals surface area contributed by atoms with E-state index in [1.165, 1.54) is 17.0 Å². The third-order valence-electron chi connectivity index (χ3n) is 4.46. The molecule has 1 amide bonds. The number of aliphatic hydroxyl groups excluding tert-OH is 1. The van der Waals surface area contributed by atoms with Crippen LogP contribution in [0.1, 0.15) is 28.8 Å². The van der Waals surface area contributed by atoms with Crippen molar-refractivity contribution in [2.24, 2.45) is 0 Å². The average Bonchev–Trinajstić information content (AvgIpc) is 2.89. The Kier molecular flexibility index (Phi) is 5.95. The van der Waals surface area contributed by atoms with Crippen molar-refractivity contribution in [2.75, 3.05) is 26.2 Å². The highest BCUT2D eigenvalue weighted by molar-refractivity contribution is 7.09. The van der Waals surface area contributed by atoms with Crippen molar-refractivity contribution in [3.05, 3.63) is 51.5 Å². The second-order valence-electron chi connectivity index (χ2n) is 6.36. The Bertz CT molecular complexity index is 784. The summed E-state index contributed by atoms with van der Waals surface area (Å²) in [6.07, 6.45) is -0.953. The molecule has 5 nitrogen and oxygen atoms in total. The molecule has 0 aliphatic carbocycles. The van der Waals surface area contributed by atoms with Crippen molar-refractivity contribution >= 4 is 17.2 Å². The van der Waals surface area contributed by atoms with Gasteiger partial charge in [-0.15, -0.1) is 11.3 Å². The number of aryl methyl sites for hydroxylation is 1. The van der Waals surface area contributed by atoms with Crippen LogP contribution < -0.4 is 0 Å². The minimum atomic E-state index is -1.70. The molecule has 1 aromatic carbocycles. The Morgan fingerprint density at radius 3 is 2.85 bits per heavy atom. The monoisotopic (exact) mass is 381 g/mol. The lowest BCUT2D eigenvalue weighted by Crippen LogP contribution is -2.38. The van der Waals surface area contributed by atoms with Crippen LogP contribution in [0.25, 0.3) is 0 Å². The SMILES string of the molecule is Cc1nc(CN2CCCN(C(=O)C(O)c3cccc(F)c3F)CC2)cs1. The number of halogens is 2. The van der Waals surface area contributed by atoms with Crippen molar-refractivity contribution in [1.29, 1.82) is 0 Å². The fourth-order valence-corrected chi connectivity index (χ4v) is 3.70. The topological polar surface area (TPSA) is 56.7 Å². The molecule has 1 saturated heterocycles. The number of aromatic nitrogens is 1. The number of thiazole rings is 1. The highest BCUT2D eigenvalue weighted by Crippen LogP contribution is 2.22. The minimum Gasteiger partial charge on any atom is -0.378 e. The molecule has 1 fully saturated rings. The molecule has 0 saturated carbocycles. The van der Waals surface area contributed by atoms with E-state index in [9.17, 15) is 18.7 Å². The van der Waals surface area contributed by atoms with Crippen LogP contribution in [0.4, 0.5) is 8.78 Å². The number of aliphatic hydroxyl groups is 1. The minimum absolute atomic E-state index is 0.325. The maximum atomic E-state index is 13.8. The quantitative estimate of drug-likeness (QED) is 0.884. The van der Waals surface area contributed by atoms with E-state index in [0.29, 0.717) is 26.2 Å². The zero-order chi connectivity index (χ0) is 18.7. The molecule has 2 heterocycles. The molecule has 1 aliphatic heterocycles. The van der Waals surface area contributed by atoms with E-state index in [0.717, 1.165) is 29.7 Å². The van der Waals surface area contributed by atoms with Crippen LogP contribution in [-0.2, 0) is 11.3 Å². The van der Waals surface area contributed by atoms with Gasteiger partial charge in [-0.3, -0.25) is 9.69 Å². The lowest BCUT2D eigenvalue weighted by molar-refractivity contribution is -0.140. The molecule has 1 aromatic heterocycles. The zero-order valence-corrected chi connectivity index (χ0v) is 15.3.